The van der Waals surface area contributed by atoms with E-state index in [1.165, 1.54) is 0 Å². The molecular weight excluding hydrogens is 318 g/mol. The molecular formula is C19H21N3O3. The van der Waals surface area contributed by atoms with Crippen molar-refractivity contribution in [2.75, 3.05) is 19.0 Å². The van der Waals surface area contributed by atoms with Gasteiger partial charge in [-0.05, 0) is 29.7 Å². The number of nitrogens with zero attached hydrogens (tertiary/aromatic N) is 2. The lowest BCUT2D eigenvalue weighted by Crippen LogP contribution is -2.35. The first kappa shape index (κ1) is 17.0. The van der Waals surface area contributed by atoms with E-state index < -0.39 is 0 Å². The van der Waals surface area contributed by atoms with E-state index in [1.54, 1.807) is 42.5 Å². The molecule has 25 heavy (non-hydrogen) atoms. The number of para-hydroxylation sites is 1. The van der Waals surface area contributed by atoms with Crippen LogP contribution >= 0.6 is 0 Å². The van der Waals surface area contributed by atoms with E-state index >= 15 is 0 Å². The van der Waals surface area contributed by atoms with Crippen LogP contribution in [0.5, 0.6) is 5.75 Å². The Bertz CT molecular complexity index is 790. The topological polar surface area (TPSA) is 71.5 Å². The number of fused-ring (bicyclic) bond motifs is 1. The van der Waals surface area contributed by atoms with Gasteiger partial charge in [-0.1, -0.05) is 26.0 Å². The standard InChI is InChI=1S/C19H21N3O3/c1-12(2)17(13-6-5-9-20-10-13)22(3)19(24)14-7-4-8-15-18(14)25-11-16(23)21-15/h4-10,12,17H,11H2,1-3H3,(H,21,23)/t17-/m1/s1. The Hall–Kier alpha value is -2.89. The lowest BCUT2D eigenvalue weighted by molar-refractivity contribution is -0.118. The van der Waals surface area contributed by atoms with E-state index in [9.17, 15) is 9.59 Å². The summed E-state index contributed by atoms with van der Waals surface area (Å²) in [5.74, 6) is 0.252. The number of amides is 2. The Labute approximate surface area is 146 Å². The minimum atomic E-state index is -0.221. The number of benzene rings is 1. The highest BCUT2D eigenvalue weighted by molar-refractivity contribution is 6.03. The van der Waals surface area contributed by atoms with Crippen LogP contribution in [-0.4, -0.2) is 35.4 Å². The zero-order valence-corrected chi connectivity index (χ0v) is 14.5. The summed E-state index contributed by atoms with van der Waals surface area (Å²) >= 11 is 0. The van der Waals surface area contributed by atoms with Crippen molar-refractivity contribution in [1.82, 2.24) is 9.88 Å². The van der Waals surface area contributed by atoms with Gasteiger partial charge in [-0.2, -0.15) is 0 Å². The van der Waals surface area contributed by atoms with Gasteiger partial charge in [0, 0.05) is 19.4 Å². The molecule has 0 fully saturated rings. The summed E-state index contributed by atoms with van der Waals surface area (Å²) in [6.45, 7) is 4.05. The fraction of sp³-hybridized carbons (Fsp3) is 0.316. The number of ether oxygens (including phenoxy) is 1. The van der Waals surface area contributed by atoms with Crippen molar-refractivity contribution >= 4 is 17.5 Å². The molecule has 2 heterocycles. The lowest BCUT2D eigenvalue weighted by Gasteiger charge is -2.32. The number of nitrogens with one attached hydrogen (secondary N) is 1. The molecule has 0 spiro atoms. The molecule has 130 valence electrons. The summed E-state index contributed by atoms with van der Waals surface area (Å²) in [7, 11) is 1.78. The van der Waals surface area contributed by atoms with E-state index in [-0.39, 0.29) is 30.4 Å². The van der Waals surface area contributed by atoms with Crippen LogP contribution in [0.4, 0.5) is 5.69 Å². The average Bonchev–Trinajstić information content (AvgIpc) is 2.61. The molecule has 2 aromatic rings. The molecule has 0 saturated carbocycles. The Balaban J connectivity index is 1.95. The summed E-state index contributed by atoms with van der Waals surface area (Å²) in [4.78, 5) is 30.5. The first-order valence-electron chi connectivity index (χ1n) is 8.21. The molecule has 2 amide bonds. The zero-order valence-electron chi connectivity index (χ0n) is 14.5. The second-order valence-corrected chi connectivity index (χ2v) is 6.41. The van der Waals surface area contributed by atoms with Gasteiger partial charge in [0.05, 0.1) is 17.3 Å². The van der Waals surface area contributed by atoms with E-state index in [0.717, 1.165) is 5.56 Å². The maximum absolute atomic E-state index is 13.1. The Morgan fingerprint density at radius 1 is 1.28 bits per heavy atom. The minimum Gasteiger partial charge on any atom is -0.481 e. The van der Waals surface area contributed by atoms with Crippen LogP contribution in [0.2, 0.25) is 0 Å². The van der Waals surface area contributed by atoms with Crippen molar-refractivity contribution in [3.05, 3.63) is 53.9 Å². The third-order valence-corrected chi connectivity index (χ3v) is 4.26. The highest BCUT2D eigenvalue weighted by Crippen LogP contribution is 2.35. The highest BCUT2D eigenvalue weighted by atomic mass is 16.5. The quantitative estimate of drug-likeness (QED) is 0.930. The number of aromatic nitrogens is 1. The van der Waals surface area contributed by atoms with Crippen LogP contribution in [0.25, 0.3) is 0 Å². The summed E-state index contributed by atoms with van der Waals surface area (Å²) in [6.07, 6.45) is 3.50. The summed E-state index contributed by atoms with van der Waals surface area (Å²) < 4.78 is 5.51. The van der Waals surface area contributed by atoms with Crippen LogP contribution in [0.3, 0.4) is 0 Å². The molecule has 1 aromatic carbocycles. The van der Waals surface area contributed by atoms with Crippen molar-refractivity contribution in [3.63, 3.8) is 0 Å². The van der Waals surface area contributed by atoms with Crippen LogP contribution in [-0.2, 0) is 4.79 Å². The van der Waals surface area contributed by atoms with Gasteiger partial charge < -0.3 is 15.0 Å². The van der Waals surface area contributed by atoms with Crippen molar-refractivity contribution < 1.29 is 14.3 Å². The van der Waals surface area contributed by atoms with E-state index in [0.29, 0.717) is 17.0 Å². The van der Waals surface area contributed by atoms with E-state index in [2.05, 4.69) is 24.1 Å². The molecule has 6 nitrogen and oxygen atoms in total. The Morgan fingerprint density at radius 3 is 2.76 bits per heavy atom. The number of carbonyl (C=O) groups excluding carboxylic acids is 2. The van der Waals surface area contributed by atoms with E-state index in [4.69, 9.17) is 4.74 Å². The summed E-state index contributed by atoms with van der Waals surface area (Å²) in [5.41, 5.74) is 1.94. The third-order valence-electron chi connectivity index (χ3n) is 4.26. The van der Waals surface area contributed by atoms with Gasteiger partial charge in [0.1, 0.15) is 0 Å². The molecule has 0 aliphatic carbocycles. The van der Waals surface area contributed by atoms with Crippen molar-refractivity contribution in [3.8, 4) is 5.75 Å². The highest BCUT2D eigenvalue weighted by Gasteiger charge is 2.29. The van der Waals surface area contributed by atoms with Gasteiger partial charge in [0.15, 0.2) is 12.4 Å². The normalized spacial score (nSPS) is 14.3. The fourth-order valence-corrected chi connectivity index (χ4v) is 3.21. The molecule has 1 N–H and O–H groups in total. The van der Waals surface area contributed by atoms with Gasteiger partial charge in [0.2, 0.25) is 0 Å². The molecule has 0 saturated heterocycles. The number of pyridine rings is 1. The predicted molar refractivity (Wildman–Crippen MR) is 94.5 cm³/mol. The SMILES string of the molecule is CC(C)[C@H](c1cccnc1)N(C)C(=O)c1cccc2c1OCC(=O)N2. The third kappa shape index (κ3) is 3.33. The van der Waals surface area contributed by atoms with Gasteiger partial charge in [-0.3, -0.25) is 14.6 Å². The van der Waals surface area contributed by atoms with Crippen LogP contribution < -0.4 is 10.1 Å². The molecule has 3 rings (SSSR count). The first-order chi connectivity index (χ1) is 12.0. The van der Waals surface area contributed by atoms with Gasteiger partial charge in [-0.15, -0.1) is 0 Å². The van der Waals surface area contributed by atoms with Crippen LogP contribution in [0.15, 0.2) is 42.7 Å². The molecule has 1 atom stereocenters. The molecule has 0 unspecified atom stereocenters. The minimum absolute atomic E-state index is 0.0861. The second-order valence-electron chi connectivity index (χ2n) is 6.41. The molecule has 1 aliphatic rings. The van der Waals surface area contributed by atoms with Crippen molar-refractivity contribution in [2.45, 2.75) is 19.9 Å². The number of carbonyl (C=O) groups is 2. The monoisotopic (exact) mass is 339 g/mol. The Morgan fingerprint density at radius 2 is 2.08 bits per heavy atom. The predicted octanol–water partition coefficient (Wildman–Crippen LogP) is 2.88. The smallest absolute Gasteiger partial charge is 0.262 e. The van der Waals surface area contributed by atoms with Gasteiger partial charge in [-0.25, -0.2) is 0 Å². The number of hydrogen-bond donors (Lipinski definition) is 1. The maximum atomic E-state index is 13.1. The number of hydrogen-bond acceptors (Lipinski definition) is 4. The van der Waals surface area contributed by atoms with Gasteiger partial charge in [0.25, 0.3) is 11.8 Å². The summed E-state index contributed by atoms with van der Waals surface area (Å²) in [5, 5.41) is 2.73. The van der Waals surface area contributed by atoms with E-state index in [1.807, 2.05) is 12.1 Å². The molecule has 1 aliphatic heterocycles. The second kappa shape index (κ2) is 6.93. The van der Waals surface area contributed by atoms with Crippen molar-refractivity contribution in [1.29, 1.82) is 0 Å². The Kier molecular flexibility index (Phi) is 4.70. The maximum Gasteiger partial charge on any atom is 0.262 e. The molecule has 1 aromatic heterocycles. The fourth-order valence-electron chi connectivity index (χ4n) is 3.21. The largest absolute Gasteiger partial charge is 0.481 e. The molecule has 6 heteroatoms. The number of rotatable bonds is 4. The van der Waals surface area contributed by atoms with Gasteiger partial charge >= 0.3 is 0 Å². The number of anilines is 1. The lowest BCUT2D eigenvalue weighted by atomic mass is 9.95. The molecule has 0 bridgehead atoms. The van der Waals surface area contributed by atoms with Crippen LogP contribution in [0.1, 0.15) is 35.8 Å². The van der Waals surface area contributed by atoms with Crippen molar-refractivity contribution in [2.24, 2.45) is 5.92 Å². The zero-order chi connectivity index (χ0) is 18.0. The summed E-state index contributed by atoms with van der Waals surface area (Å²) in [6, 6.07) is 8.91. The molecule has 0 radical (unpaired) electrons. The van der Waals surface area contributed by atoms with Crippen LogP contribution in [0, 0.1) is 5.92 Å². The average molecular weight is 339 g/mol. The first-order valence-corrected chi connectivity index (χ1v) is 8.21.